The number of nitrogens with zero attached hydrogens (tertiary/aromatic N) is 3. The molecule has 2 heterocycles. The fourth-order valence-electron chi connectivity index (χ4n) is 5.05. The van der Waals surface area contributed by atoms with E-state index in [4.69, 9.17) is 9.47 Å². The van der Waals surface area contributed by atoms with Crippen LogP contribution in [0.15, 0.2) is 65.8 Å². The fraction of sp³-hybridized carbons (Fsp3) is 0.433. The first-order valence-corrected chi connectivity index (χ1v) is 15.9. The van der Waals surface area contributed by atoms with Gasteiger partial charge in [-0.2, -0.15) is 0 Å². The van der Waals surface area contributed by atoms with Gasteiger partial charge in [-0.3, -0.25) is 0 Å². The number of urea groups is 1. The van der Waals surface area contributed by atoms with Crippen LogP contribution in [0.4, 0.5) is 21.9 Å². The number of nitrogens with one attached hydrogen (secondary N) is 3. The van der Waals surface area contributed by atoms with E-state index in [-0.39, 0.29) is 17.4 Å². The molecular weight excluding hydrogens is 556 g/mol. The minimum atomic E-state index is -3.96. The highest BCUT2D eigenvalue weighted by Crippen LogP contribution is 2.35. The van der Waals surface area contributed by atoms with Crippen LogP contribution >= 0.6 is 0 Å². The second-order valence-electron chi connectivity index (χ2n) is 9.95. The molecular formula is C30H40N6O5S. The van der Waals surface area contributed by atoms with E-state index >= 15 is 0 Å². The molecule has 1 aliphatic rings. The molecule has 12 heteroatoms. The number of ether oxygens (including phenoxy) is 2. The zero-order valence-electron chi connectivity index (χ0n) is 24.4. The number of carbonyl (C=O) groups excluding carboxylic acids is 1. The predicted octanol–water partition coefficient (Wildman–Crippen LogP) is 4.81. The zero-order valence-corrected chi connectivity index (χ0v) is 25.2. The average molecular weight is 597 g/mol. The Kier molecular flexibility index (Phi) is 11.0. The lowest BCUT2D eigenvalue weighted by Gasteiger charge is -2.37. The van der Waals surface area contributed by atoms with E-state index in [2.05, 4.69) is 55.3 Å². The first-order chi connectivity index (χ1) is 20.3. The van der Waals surface area contributed by atoms with Crippen molar-refractivity contribution in [1.82, 2.24) is 20.0 Å². The number of rotatable bonds is 13. The molecule has 42 heavy (non-hydrogen) atoms. The molecule has 1 unspecified atom stereocenters. The highest BCUT2D eigenvalue weighted by Gasteiger charge is 2.24. The molecule has 0 spiro atoms. The second-order valence-corrected chi connectivity index (χ2v) is 11.6. The Morgan fingerprint density at radius 1 is 1.07 bits per heavy atom. The molecule has 1 aromatic heterocycles. The van der Waals surface area contributed by atoms with E-state index < -0.39 is 16.1 Å². The first kappa shape index (κ1) is 31.0. The Morgan fingerprint density at radius 3 is 2.43 bits per heavy atom. The highest BCUT2D eigenvalue weighted by molar-refractivity contribution is 7.90. The van der Waals surface area contributed by atoms with Crippen LogP contribution in [0.25, 0.3) is 0 Å². The number of amides is 2. The third-order valence-electron chi connectivity index (χ3n) is 7.24. The van der Waals surface area contributed by atoms with Crippen LogP contribution in [0.3, 0.4) is 0 Å². The summed E-state index contributed by atoms with van der Waals surface area (Å²) in [5, 5.41) is 6.23. The Morgan fingerprint density at radius 2 is 1.79 bits per heavy atom. The molecule has 1 saturated heterocycles. The van der Waals surface area contributed by atoms with Crippen LogP contribution < -0.4 is 25.0 Å². The summed E-state index contributed by atoms with van der Waals surface area (Å²) in [5.41, 5.74) is 3.67. The van der Waals surface area contributed by atoms with Crippen LogP contribution in [0.1, 0.15) is 51.5 Å². The van der Waals surface area contributed by atoms with Crippen LogP contribution in [0.5, 0.6) is 6.01 Å². The van der Waals surface area contributed by atoms with Gasteiger partial charge in [-0.1, -0.05) is 31.2 Å². The van der Waals surface area contributed by atoms with Crippen molar-refractivity contribution in [2.24, 2.45) is 0 Å². The lowest BCUT2D eigenvalue weighted by Crippen LogP contribution is -2.41. The van der Waals surface area contributed by atoms with Crippen molar-refractivity contribution >= 4 is 33.1 Å². The minimum Gasteiger partial charge on any atom is -0.464 e. The summed E-state index contributed by atoms with van der Waals surface area (Å²) < 4.78 is 38.2. The van der Waals surface area contributed by atoms with Gasteiger partial charge in [0.15, 0.2) is 0 Å². The number of benzene rings is 2. The van der Waals surface area contributed by atoms with Gasteiger partial charge in [-0.25, -0.2) is 27.9 Å². The maximum atomic E-state index is 12.6. The molecule has 0 bridgehead atoms. The molecule has 3 N–H and O–H groups in total. The van der Waals surface area contributed by atoms with Gasteiger partial charge in [-0.05, 0) is 62.9 Å². The number of hydrogen-bond donors (Lipinski definition) is 3. The summed E-state index contributed by atoms with van der Waals surface area (Å²) in [6, 6.07) is 14.0. The quantitative estimate of drug-likeness (QED) is 0.254. The van der Waals surface area contributed by atoms with Gasteiger partial charge in [0.25, 0.3) is 10.0 Å². The number of anilines is 3. The third-order valence-corrected chi connectivity index (χ3v) is 8.58. The zero-order chi connectivity index (χ0) is 30.0. The smallest absolute Gasteiger partial charge is 0.328 e. The van der Waals surface area contributed by atoms with Gasteiger partial charge >= 0.3 is 12.0 Å². The molecule has 3 aromatic rings. The normalized spacial score (nSPS) is 14.5. The van der Waals surface area contributed by atoms with Crippen LogP contribution in [0, 0.1) is 0 Å². The van der Waals surface area contributed by atoms with E-state index in [0.717, 1.165) is 61.6 Å². The molecule has 226 valence electrons. The SMILES string of the molecule is CCOc1ncc(Nc2cc(C(CC)CNC(=O)NS(=O)(=O)c3ccccc3)ccc2N(CC)C2CCOCC2)cn1. The molecule has 4 rings (SSSR count). The molecule has 0 radical (unpaired) electrons. The summed E-state index contributed by atoms with van der Waals surface area (Å²) in [5.74, 6) is -0.0560. The Labute approximate surface area is 248 Å². The summed E-state index contributed by atoms with van der Waals surface area (Å²) in [4.78, 5) is 23.6. The van der Waals surface area contributed by atoms with E-state index in [1.807, 2.05) is 13.8 Å². The van der Waals surface area contributed by atoms with E-state index in [1.54, 1.807) is 30.6 Å². The van der Waals surface area contributed by atoms with Crippen molar-refractivity contribution < 1.29 is 22.7 Å². The highest BCUT2D eigenvalue weighted by atomic mass is 32.2. The van der Waals surface area contributed by atoms with Crippen molar-refractivity contribution in [2.45, 2.75) is 56.9 Å². The van der Waals surface area contributed by atoms with Crippen molar-refractivity contribution in [1.29, 1.82) is 0 Å². The van der Waals surface area contributed by atoms with Crippen molar-refractivity contribution in [2.75, 3.05) is 43.1 Å². The number of sulfonamides is 1. The number of carbonyl (C=O) groups is 1. The van der Waals surface area contributed by atoms with E-state index in [0.29, 0.717) is 18.7 Å². The van der Waals surface area contributed by atoms with Crippen molar-refractivity contribution in [3.8, 4) is 6.01 Å². The van der Waals surface area contributed by atoms with Crippen LogP contribution in [-0.2, 0) is 14.8 Å². The Balaban J connectivity index is 1.55. The maximum Gasteiger partial charge on any atom is 0.328 e. The molecule has 0 aliphatic carbocycles. The minimum absolute atomic E-state index is 0.0294. The molecule has 1 aliphatic heterocycles. The van der Waals surface area contributed by atoms with Gasteiger partial charge in [0.05, 0.1) is 41.0 Å². The van der Waals surface area contributed by atoms with Gasteiger partial charge in [0.2, 0.25) is 0 Å². The molecule has 1 fully saturated rings. The maximum absolute atomic E-state index is 12.6. The van der Waals surface area contributed by atoms with E-state index in [1.165, 1.54) is 12.1 Å². The predicted molar refractivity (Wildman–Crippen MR) is 163 cm³/mol. The summed E-state index contributed by atoms with van der Waals surface area (Å²) in [6.07, 6.45) is 6.01. The fourth-order valence-corrected chi connectivity index (χ4v) is 6.00. The standard InChI is InChI=1S/C30H40N6O5S/c1-4-22(19-31-29(37)35-42(38,39)26-10-8-7-9-11-26)23-12-13-28(36(5-2)25-14-16-40-17-15-25)27(18-23)34-24-20-32-30(33-21-24)41-6-3/h7-13,18,20-22,25,34H,4-6,14-17,19H2,1-3H3,(H2,31,35,37). The summed E-state index contributed by atoms with van der Waals surface area (Å²) >= 11 is 0. The monoisotopic (exact) mass is 596 g/mol. The van der Waals surface area contributed by atoms with Crippen LogP contribution in [-0.4, -0.2) is 63.4 Å². The Hall–Kier alpha value is -3.90. The second kappa shape index (κ2) is 14.8. The third kappa shape index (κ3) is 8.10. The lowest BCUT2D eigenvalue weighted by atomic mass is 9.94. The van der Waals surface area contributed by atoms with Crippen LogP contribution in [0.2, 0.25) is 0 Å². The molecule has 2 amide bonds. The number of hydrogen-bond acceptors (Lipinski definition) is 9. The Bertz CT molecular complexity index is 1400. The van der Waals surface area contributed by atoms with Crippen molar-refractivity contribution in [3.05, 3.63) is 66.5 Å². The molecule has 1 atom stereocenters. The molecule has 11 nitrogen and oxygen atoms in total. The summed E-state index contributed by atoms with van der Waals surface area (Å²) in [7, 11) is -3.96. The number of aromatic nitrogens is 2. The van der Waals surface area contributed by atoms with Gasteiger partial charge < -0.3 is 25.0 Å². The molecule has 2 aromatic carbocycles. The van der Waals surface area contributed by atoms with E-state index in [9.17, 15) is 13.2 Å². The lowest BCUT2D eigenvalue weighted by molar-refractivity contribution is 0.0846. The average Bonchev–Trinajstić information content (AvgIpc) is 3.00. The van der Waals surface area contributed by atoms with Crippen molar-refractivity contribution in [3.63, 3.8) is 0 Å². The topological polar surface area (TPSA) is 135 Å². The van der Waals surface area contributed by atoms with Gasteiger partial charge in [-0.15, -0.1) is 0 Å². The van der Waals surface area contributed by atoms with Gasteiger partial charge in [0.1, 0.15) is 0 Å². The molecule has 0 saturated carbocycles. The van der Waals surface area contributed by atoms with Gasteiger partial charge in [0, 0.05) is 38.3 Å². The summed E-state index contributed by atoms with van der Waals surface area (Å²) in [6.45, 7) is 9.11. The largest absolute Gasteiger partial charge is 0.464 e. The first-order valence-electron chi connectivity index (χ1n) is 14.4.